The van der Waals surface area contributed by atoms with Gasteiger partial charge in [0.15, 0.2) is 11.6 Å². The zero-order chi connectivity index (χ0) is 9.30. The Labute approximate surface area is 73.1 Å². The summed E-state index contributed by atoms with van der Waals surface area (Å²) in [6.45, 7) is 0.0280. The fraction of sp³-hybridized carbons (Fsp3) is 0.143. The topological polar surface area (TPSA) is 52.0 Å². The minimum absolute atomic E-state index is 0.0172. The van der Waals surface area contributed by atoms with Crippen LogP contribution in [0.4, 0.5) is 14.5 Å². The van der Waals surface area contributed by atoms with Gasteiger partial charge in [-0.2, -0.15) is 0 Å². The van der Waals surface area contributed by atoms with Gasteiger partial charge in [-0.3, -0.25) is 0 Å². The lowest BCUT2D eigenvalue weighted by Gasteiger charge is -2.05. The molecule has 1 aromatic carbocycles. The molecule has 12 heavy (non-hydrogen) atoms. The van der Waals surface area contributed by atoms with Crippen LogP contribution in [-0.4, -0.2) is 0 Å². The summed E-state index contributed by atoms with van der Waals surface area (Å²) >= 11 is 5.56. The molecule has 0 aliphatic carbocycles. The maximum absolute atomic E-state index is 12.7. The van der Waals surface area contributed by atoms with Crippen LogP contribution in [0.2, 0.25) is 5.02 Å². The van der Waals surface area contributed by atoms with Crippen molar-refractivity contribution in [1.29, 1.82) is 0 Å². The molecule has 2 nitrogen and oxygen atoms in total. The van der Waals surface area contributed by atoms with E-state index in [1.165, 1.54) is 0 Å². The molecule has 1 aromatic rings. The first-order valence-electron chi connectivity index (χ1n) is 3.19. The SMILES string of the molecule is NCc1cc(F)c(F)c(N)c1Cl. The highest BCUT2D eigenvalue weighted by molar-refractivity contribution is 6.33. The van der Waals surface area contributed by atoms with Crippen molar-refractivity contribution in [3.63, 3.8) is 0 Å². The number of hydrogen-bond donors (Lipinski definition) is 2. The highest BCUT2D eigenvalue weighted by Gasteiger charge is 2.13. The molecule has 0 amide bonds. The quantitative estimate of drug-likeness (QED) is 0.525. The first-order chi connectivity index (χ1) is 5.57. The molecular formula is C7H7ClF2N2. The lowest BCUT2D eigenvalue weighted by atomic mass is 10.2. The molecule has 5 heteroatoms. The van der Waals surface area contributed by atoms with E-state index in [1.54, 1.807) is 0 Å². The predicted octanol–water partition coefficient (Wildman–Crippen LogP) is 1.66. The van der Waals surface area contributed by atoms with Gasteiger partial charge >= 0.3 is 0 Å². The van der Waals surface area contributed by atoms with Crippen LogP contribution in [0.15, 0.2) is 6.07 Å². The summed E-state index contributed by atoms with van der Waals surface area (Å²) in [7, 11) is 0. The van der Waals surface area contributed by atoms with Crippen molar-refractivity contribution in [3.8, 4) is 0 Å². The Balaban J connectivity index is 3.39. The lowest BCUT2D eigenvalue weighted by molar-refractivity contribution is 0.510. The zero-order valence-electron chi connectivity index (χ0n) is 6.07. The van der Waals surface area contributed by atoms with E-state index in [2.05, 4.69) is 0 Å². The molecule has 0 fully saturated rings. The van der Waals surface area contributed by atoms with Gasteiger partial charge in [-0.1, -0.05) is 11.6 Å². The average molecular weight is 193 g/mol. The number of halogens is 3. The van der Waals surface area contributed by atoms with E-state index in [-0.39, 0.29) is 11.6 Å². The summed E-state index contributed by atoms with van der Waals surface area (Å²) in [6.07, 6.45) is 0. The van der Waals surface area contributed by atoms with Crippen LogP contribution >= 0.6 is 11.6 Å². The van der Waals surface area contributed by atoms with Crippen molar-refractivity contribution >= 4 is 17.3 Å². The van der Waals surface area contributed by atoms with Crippen molar-refractivity contribution < 1.29 is 8.78 Å². The number of nitrogen functional groups attached to an aromatic ring is 1. The Bertz CT molecular complexity index is 315. The van der Waals surface area contributed by atoms with Crippen LogP contribution in [0.25, 0.3) is 0 Å². The van der Waals surface area contributed by atoms with E-state index in [4.69, 9.17) is 23.1 Å². The Morgan fingerprint density at radius 2 is 2.00 bits per heavy atom. The highest BCUT2D eigenvalue weighted by Crippen LogP contribution is 2.27. The van der Waals surface area contributed by atoms with Gasteiger partial charge in [0.25, 0.3) is 0 Å². The number of benzene rings is 1. The second-order valence-electron chi connectivity index (χ2n) is 2.26. The summed E-state index contributed by atoms with van der Waals surface area (Å²) in [5, 5.41) is -0.0172. The molecule has 0 atom stereocenters. The molecule has 4 N–H and O–H groups in total. The van der Waals surface area contributed by atoms with E-state index in [1.807, 2.05) is 0 Å². The minimum atomic E-state index is -1.13. The maximum Gasteiger partial charge on any atom is 0.183 e. The van der Waals surface area contributed by atoms with Gasteiger partial charge in [0.2, 0.25) is 0 Å². The Morgan fingerprint density at radius 1 is 1.42 bits per heavy atom. The van der Waals surface area contributed by atoms with Gasteiger partial charge in [0.05, 0.1) is 10.7 Å². The fourth-order valence-corrected chi connectivity index (χ4v) is 1.04. The van der Waals surface area contributed by atoms with E-state index in [0.717, 1.165) is 6.07 Å². The van der Waals surface area contributed by atoms with Crippen LogP contribution in [0.5, 0.6) is 0 Å². The summed E-state index contributed by atoms with van der Waals surface area (Å²) in [5.74, 6) is -2.16. The third-order valence-electron chi connectivity index (χ3n) is 1.49. The Morgan fingerprint density at radius 3 is 2.50 bits per heavy atom. The van der Waals surface area contributed by atoms with Gasteiger partial charge in [0.1, 0.15) is 0 Å². The van der Waals surface area contributed by atoms with Crippen molar-refractivity contribution in [2.75, 3.05) is 5.73 Å². The molecule has 0 bridgehead atoms. The Kier molecular flexibility index (Phi) is 2.49. The molecule has 0 spiro atoms. The van der Waals surface area contributed by atoms with Gasteiger partial charge in [0, 0.05) is 6.54 Å². The van der Waals surface area contributed by atoms with Gasteiger partial charge in [-0.15, -0.1) is 0 Å². The van der Waals surface area contributed by atoms with E-state index in [0.29, 0.717) is 5.56 Å². The smallest absolute Gasteiger partial charge is 0.183 e. The monoisotopic (exact) mass is 192 g/mol. The molecule has 0 unspecified atom stereocenters. The average Bonchev–Trinajstić information content (AvgIpc) is 2.08. The number of nitrogens with two attached hydrogens (primary N) is 2. The van der Waals surface area contributed by atoms with Crippen LogP contribution in [0, 0.1) is 11.6 Å². The largest absolute Gasteiger partial charge is 0.395 e. The fourth-order valence-electron chi connectivity index (χ4n) is 0.826. The third kappa shape index (κ3) is 1.35. The summed E-state index contributed by atoms with van der Waals surface area (Å²) in [5.41, 5.74) is 10.3. The second kappa shape index (κ2) is 3.25. The second-order valence-corrected chi connectivity index (χ2v) is 2.64. The van der Waals surface area contributed by atoms with Crippen molar-refractivity contribution in [2.45, 2.75) is 6.54 Å². The molecule has 0 heterocycles. The number of anilines is 1. The predicted molar refractivity (Wildman–Crippen MR) is 43.7 cm³/mol. The summed E-state index contributed by atoms with van der Waals surface area (Å²) < 4.78 is 25.3. The third-order valence-corrected chi connectivity index (χ3v) is 1.93. The molecule has 0 aliphatic rings. The molecule has 66 valence electrons. The molecular weight excluding hydrogens is 186 g/mol. The molecule has 0 radical (unpaired) electrons. The minimum Gasteiger partial charge on any atom is -0.395 e. The van der Waals surface area contributed by atoms with Gasteiger partial charge < -0.3 is 11.5 Å². The van der Waals surface area contributed by atoms with E-state index >= 15 is 0 Å². The molecule has 0 saturated heterocycles. The molecule has 0 saturated carbocycles. The Hall–Kier alpha value is -0.870. The van der Waals surface area contributed by atoms with Crippen LogP contribution in [-0.2, 0) is 6.54 Å². The maximum atomic E-state index is 12.7. The highest BCUT2D eigenvalue weighted by atomic mass is 35.5. The summed E-state index contributed by atoms with van der Waals surface area (Å²) in [6, 6.07) is 0.939. The van der Waals surface area contributed by atoms with Crippen molar-refractivity contribution in [2.24, 2.45) is 5.73 Å². The molecule has 0 aromatic heterocycles. The zero-order valence-corrected chi connectivity index (χ0v) is 6.83. The standard InChI is InChI=1S/C7H7ClF2N2/c8-5-3(2-11)1-4(9)6(10)7(5)12/h1H,2,11-12H2. The van der Waals surface area contributed by atoms with E-state index in [9.17, 15) is 8.78 Å². The van der Waals surface area contributed by atoms with Crippen LogP contribution in [0.1, 0.15) is 5.56 Å². The first-order valence-corrected chi connectivity index (χ1v) is 3.57. The normalized spacial score (nSPS) is 10.3. The lowest BCUT2D eigenvalue weighted by Crippen LogP contribution is -2.03. The van der Waals surface area contributed by atoms with Gasteiger partial charge in [-0.05, 0) is 11.6 Å². The van der Waals surface area contributed by atoms with E-state index < -0.39 is 17.3 Å². The number of hydrogen-bond acceptors (Lipinski definition) is 2. The summed E-state index contributed by atoms with van der Waals surface area (Å²) in [4.78, 5) is 0. The number of rotatable bonds is 1. The molecule has 1 rings (SSSR count). The van der Waals surface area contributed by atoms with Gasteiger partial charge in [-0.25, -0.2) is 8.78 Å². The van der Waals surface area contributed by atoms with Crippen LogP contribution in [0.3, 0.4) is 0 Å². The van der Waals surface area contributed by atoms with Crippen molar-refractivity contribution in [1.82, 2.24) is 0 Å². The first kappa shape index (κ1) is 9.22. The molecule has 0 aliphatic heterocycles. The van der Waals surface area contributed by atoms with Crippen LogP contribution < -0.4 is 11.5 Å². The van der Waals surface area contributed by atoms with Crippen molar-refractivity contribution in [3.05, 3.63) is 28.3 Å².